The molecule has 2 amide bonds. The Kier molecular flexibility index (Phi) is 9.23. The second kappa shape index (κ2) is 12.1. The lowest BCUT2D eigenvalue weighted by Gasteiger charge is -2.36. The minimum atomic E-state index is -0.241. The molecule has 0 saturated carbocycles. The average molecular weight is 486 g/mol. The third-order valence-corrected chi connectivity index (χ3v) is 6.51. The number of hydrogen-bond donors (Lipinski definition) is 1. The minimum Gasteiger partial charge on any atom is -0.491 e. The average Bonchev–Trinajstić information content (AvgIpc) is 2.85. The van der Waals surface area contributed by atoms with E-state index in [2.05, 4.69) is 17.1 Å². The number of carbonyl (C=O) groups is 2. The van der Waals surface area contributed by atoms with Crippen LogP contribution in [0.1, 0.15) is 43.1 Å². The number of likely N-dealkylation sites (N-methyl/N-ethyl adjacent to an activating group) is 1. The van der Waals surface area contributed by atoms with Crippen molar-refractivity contribution in [3.05, 3.63) is 59.4 Å². The van der Waals surface area contributed by atoms with Crippen LogP contribution in [0.15, 0.2) is 42.5 Å². The van der Waals surface area contributed by atoms with E-state index in [-0.39, 0.29) is 42.3 Å². The standard InChI is InChI=1S/C27H36FN3O4/c1-6-26(32)29-21-11-12-22-24(13-21)35-17-19(3)31(15-20-9-7-8-10-23(20)28)14-18(2)25(34-5)16-30(4)27(22)33/h7-13,18-19,25H,6,14-17H2,1-5H3,(H,29,32)/t18-,19+,25-/m1/s1. The Morgan fingerprint density at radius 2 is 1.94 bits per heavy atom. The summed E-state index contributed by atoms with van der Waals surface area (Å²) in [6.45, 7) is 7.62. The number of methoxy groups -OCH3 is 1. The van der Waals surface area contributed by atoms with Crippen LogP contribution in [0.3, 0.4) is 0 Å². The molecule has 2 aromatic rings. The zero-order chi connectivity index (χ0) is 25.5. The molecule has 0 fully saturated rings. The molecule has 3 rings (SSSR count). The zero-order valence-electron chi connectivity index (χ0n) is 21.2. The van der Waals surface area contributed by atoms with Crippen LogP contribution in [0.25, 0.3) is 0 Å². The van der Waals surface area contributed by atoms with Crippen LogP contribution >= 0.6 is 0 Å². The molecule has 1 aliphatic rings. The predicted octanol–water partition coefficient (Wildman–Crippen LogP) is 4.18. The summed E-state index contributed by atoms with van der Waals surface area (Å²) in [5, 5.41) is 2.82. The van der Waals surface area contributed by atoms with Crippen LogP contribution in [0.5, 0.6) is 5.75 Å². The molecule has 0 bridgehead atoms. The summed E-state index contributed by atoms with van der Waals surface area (Å²) >= 11 is 0. The highest BCUT2D eigenvalue weighted by atomic mass is 19.1. The molecule has 1 aliphatic heterocycles. The molecule has 190 valence electrons. The lowest BCUT2D eigenvalue weighted by atomic mass is 10.0. The number of nitrogens with zero attached hydrogens (tertiary/aromatic N) is 2. The third-order valence-electron chi connectivity index (χ3n) is 6.51. The Hall–Kier alpha value is -2.97. The van der Waals surface area contributed by atoms with Crippen molar-refractivity contribution in [2.75, 3.05) is 39.2 Å². The van der Waals surface area contributed by atoms with Gasteiger partial charge in [0.25, 0.3) is 5.91 Å². The molecule has 2 aromatic carbocycles. The summed E-state index contributed by atoms with van der Waals surface area (Å²) < 4.78 is 26.4. The second-order valence-electron chi connectivity index (χ2n) is 9.23. The highest BCUT2D eigenvalue weighted by Gasteiger charge is 2.28. The molecule has 1 N–H and O–H groups in total. The fourth-order valence-corrected chi connectivity index (χ4v) is 4.24. The number of halogens is 1. The molecular weight excluding hydrogens is 449 g/mol. The van der Waals surface area contributed by atoms with Crippen molar-refractivity contribution in [2.45, 2.75) is 45.9 Å². The summed E-state index contributed by atoms with van der Waals surface area (Å²) in [4.78, 5) is 29.0. The highest BCUT2D eigenvalue weighted by Crippen LogP contribution is 2.27. The van der Waals surface area contributed by atoms with E-state index in [1.54, 1.807) is 56.3 Å². The Morgan fingerprint density at radius 1 is 1.20 bits per heavy atom. The van der Waals surface area contributed by atoms with Crippen molar-refractivity contribution in [2.24, 2.45) is 5.92 Å². The van der Waals surface area contributed by atoms with E-state index >= 15 is 0 Å². The van der Waals surface area contributed by atoms with E-state index in [1.807, 2.05) is 13.0 Å². The summed E-state index contributed by atoms with van der Waals surface area (Å²) in [6, 6.07) is 11.8. The number of benzene rings is 2. The molecule has 0 saturated heterocycles. The Bertz CT molecular complexity index is 1030. The van der Waals surface area contributed by atoms with Gasteiger partial charge in [-0.2, -0.15) is 0 Å². The van der Waals surface area contributed by atoms with Crippen LogP contribution in [0.2, 0.25) is 0 Å². The van der Waals surface area contributed by atoms with Gasteiger partial charge in [0.1, 0.15) is 18.2 Å². The first-order chi connectivity index (χ1) is 16.7. The Labute approximate surface area is 207 Å². The van der Waals surface area contributed by atoms with Crippen molar-refractivity contribution < 1.29 is 23.5 Å². The number of rotatable bonds is 5. The largest absolute Gasteiger partial charge is 0.491 e. The van der Waals surface area contributed by atoms with E-state index in [0.717, 1.165) is 0 Å². The number of carbonyl (C=O) groups excluding carboxylic acids is 2. The summed E-state index contributed by atoms with van der Waals surface area (Å²) in [5.74, 6) is -0.0670. The van der Waals surface area contributed by atoms with Gasteiger partial charge in [-0.3, -0.25) is 14.5 Å². The van der Waals surface area contributed by atoms with Gasteiger partial charge in [-0.1, -0.05) is 32.0 Å². The van der Waals surface area contributed by atoms with Crippen molar-refractivity contribution in [3.8, 4) is 5.75 Å². The van der Waals surface area contributed by atoms with E-state index in [0.29, 0.717) is 48.6 Å². The van der Waals surface area contributed by atoms with Crippen LogP contribution in [-0.4, -0.2) is 67.6 Å². The zero-order valence-corrected chi connectivity index (χ0v) is 21.2. The summed E-state index contributed by atoms with van der Waals surface area (Å²) in [6.07, 6.45) is 0.143. The highest BCUT2D eigenvalue weighted by molar-refractivity contribution is 5.98. The summed E-state index contributed by atoms with van der Waals surface area (Å²) in [7, 11) is 3.39. The number of fused-ring (bicyclic) bond motifs is 1. The van der Waals surface area contributed by atoms with Gasteiger partial charge in [0.05, 0.1) is 11.7 Å². The topological polar surface area (TPSA) is 71.1 Å². The van der Waals surface area contributed by atoms with Gasteiger partial charge in [0.2, 0.25) is 5.91 Å². The van der Waals surface area contributed by atoms with Gasteiger partial charge < -0.3 is 19.7 Å². The SMILES string of the molecule is CCC(=O)Nc1ccc2c(c1)OC[C@H](C)N(Cc1ccccc1F)C[C@@H](C)[C@H](OC)CN(C)C2=O. The lowest BCUT2D eigenvalue weighted by molar-refractivity contribution is -0.115. The minimum absolute atomic E-state index is 0.0787. The fourth-order valence-electron chi connectivity index (χ4n) is 4.24. The number of nitrogens with one attached hydrogen (secondary N) is 1. The number of amides is 2. The smallest absolute Gasteiger partial charge is 0.257 e. The molecule has 3 atom stereocenters. The lowest BCUT2D eigenvalue weighted by Crippen LogP contribution is -2.46. The monoisotopic (exact) mass is 485 g/mol. The normalized spacial score (nSPS) is 21.9. The molecule has 0 spiro atoms. The van der Waals surface area contributed by atoms with E-state index in [9.17, 15) is 14.0 Å². The van der Waals surface area contributed by atoms with Crippen molar-refractivity contribution in [1.82, 2.24) is 9.80 Å². The van der Waals surface area contributed by atoms with Gasteiger partial charge in [0.15, 0.2) is 0 Å². The fraction of sp³-hybridized carbons (Fsp3) is 0.481. The van der Waals surface area contributed by atoms with Gasteiger partial charge in [-0.25, -0.2) is 4.39 Å². The number of ether oxygens (including phenoxy) is 2. The molecule has 0 radical (unpaired) electrons. The van der Waals surface area contributed by atoms with E-state index < -0.39 is 0 Å². The molecule has 0 aromatic heterocycles. The molecule has 35 heavy (non-hydrogen) atoms. The van der Waals surface area contributed by atoms with Gasteiger partial charge in [-0.05, 0) is 31.0 Å². The van der Waals surface area contributed by atoms with Crippen molar-refractivity contribution in [1.29, 1.82) is 0 Å². The maximum Gasteiger partial charge on any atom is 0.257 e. The van der Waals surface area contributed by atoms with E-state index in [1.165, 1.54) is 6.07 Å². The maximum absolute atomic E-state index is 14.5. The summed E-state index contributed by atoms with van der Waals surface area (Å²) in [5.41, 5.74) is 1.60. The third kappa shape index (κ3) is 6.80. The van der Waals surface area contributed by atoms with Crippen LogP contribution in [-0.2, 0) is 16.1 Å². The van der Waals surface area contributed by atoms with Crippen molar-refractivity contribution >= 4 is 17.5 Å². The van der Waals surface area contributed by atoms with E-state index in [4.69, 9.17) is 9.47 Å². The molecular formula is C27H36FN3O4. The van der Waals surface area contributed by atoms with Gasteiger partial charge >= 0.3 is 0 Å². The van der Waals surface area contributed by atoms with Gasteiger partial charge in [0, 0.05) is 63.6 Å². The maximum atomic E-state index is 14.5. The molecule has 7 nitrogen and oxygen atoms in total. The van der Waals surface area contributed by atoms with Crippen molar-refractivity contribution in [3.63, 3.8) is 0 Å². The molecule has 0 aliphatic carbocycles. The molecule has 8 heteroatoms. The van der Waals surface area contributed by atoms with Crippen LogP contribution < -0.4 is 10.1 Å². The number of hydrogen-bond acceptors (Lipinski definition) is 5. The van der Waals surface area contributed by atoms with Crippen LogP contribution in [0, 0.1) is 11.7 Å². The Balaban J connectivity index is 1.95. The second-order valence-corrected chi connectivity index (χ2v) is 9.23. The van der Waals surface area contributed by atoms with Crippen LogP contribution in [0.4, 0.5) is 10.1 Å². The quantitative estimate of drug-likeness (QED) is 0.688. The molecule has 1 heterocycles. The Morgan fingerprint density at radius 3 is 2.63 bits per heavy atom. The van der Waals surface area contributed by atoms with Gasteiger partial charge in [-0.15, -0.1) is 0 Å². The molecule has 0 unspecified atom stereocenters. The first-order valence-electron chi connectivity index (χ1n) is 12.1. The number of anilines is 1. The first-order valence-corrected chi connectivity index (χ1v) is 12.1. The predicted molar refractivity (Wildman–Crippen MR) is 134 cm³/mol. The first kappa shape index (κ1) is 26.6.